The van der Waals surface area contributed by atoms with Gasteiger partial charge in [-0.1, -0.05) is 23.7 Å². The lowest BCUT2D eigenvalue weighted by molar-refractivity contribution is 0.0467. The van der Waals surface area contributed by atoms with Gasteiger partial charge in [0.1, 0.15) is 6.61 Å². The highest BCUT2D eigenvalue weighted by molar-refractivity contribution is 7.90. The van der Waals surface area contributed by atoms with Crippen LogP contribution in [0.25, 0.3) is 11.0 Å². The monoisotopic (exact) mass is 390 g/mol. The zero-order valence-electron chi connectivity index (χ0n) is 14.1. The van der Waals surface area contributed by atoms with Crippen molar-refractivity contribution in [3.63, 3.8) is 0 Å². The zero-order chi connectivity index (χ0) is 18.9. The fourth-order valence-corrected chi connectivity index (χ4v) is 3.21. The second kappa shape index (κ2) is 7.01. The van der Waals surface area contributed by atoms with E-state index < -0.39 is 15.8 Å². The van der Waals surface area contributed by atoms with Crippen molar-refractivity contribution in [2.45, 2.75) is 18.4 Å². The number of carbonyl (C=O) groups excluding carboxylic acids is 1. The number of rotatable bonds is 4. The summed E-state index contributed by atoms with van der Waals surface area (Å²) in [5.74, 6) is -0.727. The first-order chi connectivity index (χ1) is 12.3. The molecule has 0 aliphatic carbocycles. The quantitative estimate of drug-likeness (QED) is 0.635. The molecule has 1 heterocycles. The molecule has 0 aliphatic heterocycles. The van der Waals surface area contributed by atoms with Crippen molar-refractivity contribution in [1.82, 2.24) is 9.97 Å². The molecule has 134 valence electrons. The van der Waals surface area contributed by atoms with Gasteiger partial charge in [-0.25, -0.2) is 23.2 Å². The van der Waals surface area contributed by atoms with E-state index in [0.717, 1.165) is 11.8 Å². The third-order valence-corrected chi connectivity index (χ3v) is 5.21. The van der Waals surface area contributed by atoms with Gasteiger partial charge in [-0.3, -0.25) is 0 Å². The minimum atomic E-state index is -3.46. The highest BCUT2D eigenvalue weighted by Crippen LogP contribution is 2.22. The highest BCUT2D eigenvalue weighted by Gasteiger charge is 2.17. The Bertz CT molecular complexity index is 1110. The SMILES string of the molecule is Cc1nc2ccccc2nc1COC(=O)c1cc(S(C)(=O)=O)ccc1Cl. The van der Waals surface area contributed by atoms with Crippen LogP contribution < -0.4 is 0 Å². The summed E-state index contributed by atoms with van der Waals surface area (Å²) in [4.78, 5) is 21.2. The normalized spacial score (nSPS) is 11.5. The van der Waals surface area contributed by atoms with Gasteiger partial charge in [0.25, 0.3) is 0 Å². The molecule has 26 heavy (non-hydrogen) atoms. The molecule has 0 radical (unpaired) electrons. The van der Waals surface area contributed by atoms with Crippen LogP contribution in [0.4, 0.5) is 0 Å². The number of esters is 1. The van der Waals surface area contributed by atoms with Crippen LogP contribution in [0.1, 0.15) is 21.7 Å². The Kier molecular flexibility index (Phi) is 4.93. The van der Waals surface area contributed by atoms with Gasteiger partial charge in [-0.2, -0.15) is 0 Å². The number of fused-ring (bicyclic) bond motifs is 1. The standard InChI is InChI=1S/C18H15ClN2O4S/c1-11-17(21-16-6-4-3-5-15(16)20-11)10-25-18(22)13-9-12(26(2,23)24)7-8-14(13)19/h3-9H,10H2,1-2H3. The molecule has 0 bridgehead atoms. The molecule has 0 fully saturated rings. The van der Waals surface area contributed by atoms with E-state index in [1.54, 1.807) is 6.92 Å². The number of sulfone groups is 1. The minimum absolute atomic E-state index is 0.00414. The summed E-state index contributed by atoms with van der Waals surface area (Å²) in [6, 6.07) is 11.3. The average molecular weight is 391 g/mol. The first-order valence-corrected chi connectivity index (χ1v) is 9.91. The number of nitrogens with zero attached hydrogens (tertiary/aromatic N) is 2. The lowest BCUT2D eigenvalue weighted by Gasteiger charge is -2.09. The van der Waals surface area contributed by atoms with Gasteiger partial charge in [0, 0.05) is 6.26 Å². The Hall–Kier alpha value is -2.51. The summed E-state index contributed by atoms with van der Waals surface area (Å²) in [5, 5.41) is 0.115. The van der Waals surface area contributed by atoms with Crippen molar-refractivity contribution >= 4 is 38.4 Å². The number of benzene rings is 2. The van der Waals surface area contributed by atoms with Gasteiger partial charge in [0.15, 0.2) is 9.84 Å². The fourth-order valence-electron chi connectivity index (χ4n) is 2.36. The first kappa shape index (κ1) is 18.3. The van der Waals surface area contributed by atoms with E-state index in [2.05, 4.69) is 9.97 Å². The topological polar surface area (TPSA) is 86.2 Å². The maximum absolute atomic E-state index is 12.3. The Morgan fingerprint density at radius 1 is 1.12 bits per heavy atom. The van der Waals surface area contributed by atoms with Crippen molar-refractivity contribution in [2.24, 2.45) is 0 Å². The smallest absolute Gasteiger partial charge is 0.340 e. The van der Waals surface area contributed by atoms with Crippen LogP contribution in [0.15, 0.2) is 47.4 Å². The number of hydrogen-bond donors (Lipinski definition) is 0. The molecule has 0 aliphatic rings. The Balaban J connectivity index is 1.84. The van der Waals surface area contributed by atoms with E-state index in [1.165, 1.54) is 18.2 Å². The van der Waals surface area contributed by atoms with E-state index in [-0.39, 0.29) is 22.1 Å². The van der Waals surface area contributed by atoms with Gasteiger partial charge >= 0.3 is 5.97 Å². The number of aromatic nitrogens is 2. The first-order valence-electron chi connectivity index (χ1n) is 7.64. The Morgan fingerprint density at radius 3 is 2.42 bits per heavy atom. The van der Waals surface area contributed by atoms with Crippen LogP contribution in [0.3, 0.4) is 0 Å². The molecule has 0 atom stereocenters. The summed E-state index contributed by atoms with van der Waals surface area (Å²) in [6.07, 6.45) is 1.05. The largest absolute Gasteiger partial charge is 0.455 e. The van der Waals surface area contributed by atoms with E-state index in [9.17, 15) is 13.2 Å². The number of aryl methyl sites for hydroxylation is 1. The molecule has 3 aromatic rings. The van der Waals surface area contributed by atoms with Crippen LogP contribution in [0.2, 0.25) is 5.02 Å². The number of ether oxygens (including phenoxy) is 1. The predicted octanol–water partition coefficient (Wildman–Crippen LogP) is 3.35. The maximum atomic E-state index is 12.3. The number of para-hydroxylation sites is 2. The number of hydrogen-bond acceptors (Lipinski definition) is 6. The van der Waals surface area contributed by atoms with Gasteiger partial charge in [-0.15, -0.1) is 0 Å². The Morgan fingerprint density at radius 2 is 1.77 bits per heavy atom. The molecule has 2 aromatic carbocycles. The van der Waals surface area contributed by atoms with Crippen molar-refractivity contribution in [3.8, 4) is 0 Å². The zero-order valence-corrected chi connectivity index (χ0v) is 15.6. The number of carbonyl (C=O) groups is 1. The minimum Gasteiger partial charge on any atom is -0.455 e. The van der Waals surface area contributed by atoms with E-state index in [4.69, 9.17) is 16.3 Å². The molecular weight excluding hydrogens is 376 g/mol. The average Bonchev–Trinajstić information content (AvgIpc) is 2.59. The summed E-state index contributed by atoms with van der Waals surface area (Å²) < 4.78 is 28.6. The van der Waals surface area contributed by atoms with E-state index >= 15 is 0 Å². The van der Waals surface area contributed by atoms with Crippen molar-refractivity contribution < 1.29 is 17.9 Å². The Labute approximate surface area is 155 Å². The van der Waals surface area contributed by atoms with Gasteiger partial charge in [-0.05, 0) is 37.3 Å². The third-order valence-electron chi connectivity index (χ3n) is 3.77. The molecule has 0 spiro atoms. The van der Waals surface area contributed by atoms with Gasteiger partial charge < -0.3 is 4.74 Å². The third kappa shape index (κ3) is 3.84. The summed E-state index contributed by atoms with van der Waals surface area (Å²) in [5.41, 5.74) is 2.60. The highest BCUT2D eigenvalue weighted by atomic mass is 35.5. The summed E-state index contributed by atoms with van der Waals surface area (Å²) in [6.45, 7) is 1.68. The van der Waals surface area contributed by atoms with E-state index in [0.29, 0.717) is 16.9 Å². The van der Waals surface area contributed by atoms with Crippen LogP contribution in [-0.2, 0) is 21.2 Å². The molecule has 0 amide bonds. The molecular formula is C18H15ClN2O4S. The molecule has 1 aromatic heterocycles. The van der Waals surface area contributed by atoms with Crippen molar-refractivity contribution in [3.05, 3.63) is 64.4 Å². The molecule has 8 heteroatoms. The molecule has 0 saturated carbocycles. The molecule has 0 saturated heterocycles. The number of halogens is 1. The second-order valence-corrected chi connectivity index (χ2v) is 8.16. The lowest BCUT2D eigenvalue weighted by Crippen LogP contribution is -2.10. The second-order valence-electron chi connectivity index (χ2n) is 5.73. The lowest BCUT2D eigenvalue weighted by atomic mass is 10.2. The summed E-state index contributed by atoms with van der Waals surface area (Å²) >= 11 is 6.01. The van der Waals surface area contributed by atoms with Crippen LogP contribution in [0.5, 0.6) is 0 Å². The molecule has 0 N–H and O–H groups in total. The van der Waals surface area contributed by atoms with Crippen molar-refractivity contribution in [1.29, 1.82) is 0 Å². The summed E-state index contributed by atoms with van der Waals surface area (Å²) in [7, 11) is -3.46. The van der Waals surface area contributed by atoms with Crippen LogP contribution >= 0.6 is 11.6 Å². The van der Waals surface area contributed by atoms with Crippen molar-refractivity contribution in [2.75, 3.05) is 6.26 Å². The predicted molar refractivity (Wildman–Crippen MR) is 98.0 cm³/mol. The van der Waals surface area contributed by atoms with Gasteiger partial charge in [0.05, 0.1) is 37.9 Å². The molecule has 6 nitrogen and oxygen atoms in total. The van der Waals surface area contributed by atoms with Gasteiger partial charge in [0.2, 0.25) is 0 Å². The molecule has 3 rings (SSSR count). The maximum Gasteiger partial charge on any atom is 0.340 e. The van der Waals surface area contributed by atoms with Crippen LogP contribution in [-0.4, -0.2) is 30.6 Å². The van der Waals surface area contributed by atoms with E-state index in [1.807, 2.05) is 24.3 Å². The van der Waals surface area contributed by atoms with Crippen LogP contribution in [0, 0.1) is 6.92 Å². The molecule has 0 unspecified atom stereocenters. The fraction of sp³-hybridized carbons (Fsp3) is 0.167.